The summed E-state index contributed by atoms with van der Waals surface area (Å²) in [6.45, 7) is 3.24. The van der Waals surface area contributed by atoms with Gasteiger partial charge in [0.1, 0.15) is 5.82 Å². The summed E-state index contributed by atoms with van der Waals surface area (Å²) in [6, 6.07) is 8.67. The number of benzene rings is 1. The molecular formula is C15H21N3. The standard InChI is InChI=1S/C15H21N3/c1-2-9-18-14-6-4-3-5-13(14)17-15(18)10-12(16)11-7-8-11/h3-6,11-12H,2,7-10,16H2,1H3. The van der Waals surface area contributed by atoms with E-state index in [1.54, 1.807) is 0 Å². The fraction of sp³-hybridized carbons (Fsp3) is 0.533. The predicted octanol–water partition coefficient (Wildman–Crippen LogP) is 2.73. The molecule has 1 aliphatic rings. The van der Waals surface area contributed by atoms with E-state index in [4.69, 9.17) is 10.7 Å². The average molecular weight is 243 g/mol. The number of nitrogens with two attached hydrogens (primary N) is 1. The summed E-state index contributed by atoms with van der Waals surface area (Å²) in [5.74, 6) is 1.90. The minimum absolute atomic E-state index is 0.289. The van der Waals surface area contributed by atoms with Crippen molar-refractivity contribution in [3.05, 3.63) is 30.1 Å². The van der Waals surface area contributed by atoms with Gasteiger partial charge in [0.05, 0.1) is 11.0 Å². The molecular weight excluding hydrogens is 222 g/mol. The van der Waals surface area contributed by atoms with Crippen LogP contribution < -0.4 is 5.73 Å². The lowest BCUT2D eigenvalue weighted by molar-refractivity contribution is 0.549. The second-order valence-corrected chi connectivity index (χ2v) is 5.37. The molecule has 1 unspecified atom stereocenters. The molecule has 0 radical (unpaired) electrons. The van der Waals surface area contributed by atoms with Crippen molar-refractivity contribution in [1.82, 2.24) is 9.55 Å². The highest BCUT2D eigenvalue weighted by Gasteiger charge is 2.29. The van der Waals surface area contributed by atoms with Crippen LogP contribution in [0.4, 0.5) is 0 Å². The van der Waals surface area contributed by atoms with E-state index in [9.17, 15) is 0 Å². The molecule has 0 saturated heterocycles. The van der Waals surface area contributed by atoms with E-state index in [0.717, 1.165) is 36.6 Å². The first-order chi connectivity index (χ1) is 8.79. The number of hydrogen-bond acceptors (Lipinski definition) is 2. The zero-order chi connectivity index (χ0) is 12.5. The van der Waals surface area contributed by atoms with Crippen LogP contribution in [-0.4, -0.2) is 15.6 Å². The van der Waals surface area contributed by atoms with E-state index in [1.807, 2.05) is 0 Å². The molecule has 1 saturated carbocycles. The van der Waals surface area contributed by atoms with Crippen LogP contribution in [-0.2, 0) is 13.0 Å². The van der Waals surface area contributed by atoms with Gasteiger partial charge in [0.2, 0.25) is 0 Å². The molecule has 1 heterocycles. The number of nitrogens with zero attached hydrogens (tertiary/aromatic N) is 2. The van der Waals surface area contributed by atoms with E-state index in [1.165, 1.54) is 18.4 Å². The van der Waals surface area contributed by atoms with Gasteiger partial charge in [-0.15, -0.1) is 0 Å². The fourth-order valence-corrected chi connectivity index (χ4v) is 2.66. The van der Waals surface area contributed by atoms with E-state index in [-0.39, 0.29) is 6.04 Å². The Morgan fingerprint density at radius 2 is 2.17 bits per heavy atom. The van der Waals surface area contributed by atoms with Gasteiger partial charge >= 0.3 is 0 Å². The molecule has 1 aromatic heterocycles. The minimum Gasteiger partial charge on any atom is -0.328 e. The van der Waals surface area contributed by atoms with Crippen LogP contribution >= 0.6 is 0 Å². The van der Waals surface area contributed by atoms with E-state index in [2.05, 4.69) is 35.8 Å². The normalized spacial score (nSPS) is 17.2. The van der Waals surface area contributed by atoms with Crippen LogP contribution in [0.5, 0.6) is 0 Å². The highest BCUT2D eigenvalue weighted by atomic mass is 15.1. The molecule has 1 atom stereocenters. The van der Waals surface area contributed by atoms with Crippen molar-refractivity contribution < 1.29 is 0 Å². The summed E-state index contributed by atoms with van der Waals surface area (Å²) in [7, 11) is 0. The van der Waals surface area contributed by atoms with Crippen molar-refractivity contribution >= 4 is 11.0 Å². The highest BCUT2D eigenvalue weighted by Crippen LogP contribution is 2.33. The largest absolute Gasteiger partial charge is 0.328 e. The van der Waals surface area contributed by atoms with Crippen molar-refractivity contribution in [2.75, 3.05) is 0 Å². The first-order valence-corrected chi connectivity index (χ1v) is 6.99. The lowest BCUT2D eigenvalue weighted by Crippen LogP contribution is -2.26. The molecule has 2 N–H and O–H groups in total. The van der Waals surface area contributed by atoms with Gasteiger partial charge in [-0.2, -0.15) is 0 Å². The number of aromatic nitrogens is 2. The maximum Gasteiger partial charge on any atom is 0.111 e. The highest BCUT2D eigenvalue weighted by molar-refractivity contribution is 5.75. The van der Waals surface area contributed by atoms with E-state index >= 15 is 0 Å². The van der Waals surface area contributed by atoms with Crippen LogP contribution in [0.3, 0.4) is 0 Å². The molecule has 0 aliphatic heterocycles. The van der Waals surface area contributed by atoms with Gasteiger partial charge in [0, 0.05) is 19.0 Å². The number of hydrogen-bond donors (Lipinski definition) is 1. The molecule has 2 aromatic rings. The van der Waals surface area contributed by atoms with Crippen LogP contribution in [0.25, 0.3) is 11.0 Å². The van der Waals surface area contributed by atoms with Crippen LogP contribution in [0, 0.1) is 5.92 Å². The predicted molar refractivity (Wildman–Crippen MR) is 74.4 cm³/mol. The third-order valence-electron chi connectivity index (χ3n) is 3.83. The third kappa shape index (κ3) is 2.15. The molecule has 3 rings (SSSR count). The number of imidazole rings is 1. The first kappa shape index (κ1) is 11.7. The number of aryl methyl sites for hydroxylation is 1. The molecule has 1 aliphatic carbocycles. The Kier molecular flexibility index (Phi) is 3.08. The maximum absolute atomic E-state index is 6.24. The molecule has 1 fully saturated rings. The number of para-hydroxylation sites is 2. The van der Waals surface area contributed by atoms with Gasteiger partial charge in [-0.05, 0) is 37.3 Å². The molecule has 0 bridgehead atoms. The maximum atomic E-state index is 6.24. The van der Waals surface area contributed by atoms with E-state index in [0.29, 0.717) is 0 Å². The summed E-state index contributed by atoms with van der Waals surface area (Å²) in [5, 5.41) is 0. The van der Waals surface area contributed by atoms with Gasteiger partial charge in [0.25, 0.3) is 0 Å². The lowest BCUT2D eigenvalue weighted by atomic mass is 10.1. The average Bonchev–Trinajstić information content (AvgIpc) is 3.16. The topological polar surface area (TPSA) is 43.8 Å². The summed E-state index contributed by atoms with van der Waals surface area (Å²) in [5.41, 5.74) is 8.59. The molecule has 3 heteroatoms. The van der Waals surface area contributed by atoms with Crippen molar-refractivity contribution in [3.63, 3.8) is 0 Å². The zero-order valence-corrected chi connectivity index (χ0v) is 11.0. The Hall–Kier alpha value is -1.35. The Morgan fingerprint density at radius 1 is 1.39 bits per heavy atom. The van der Waals surface area contributed by atoms with Crippen molar-refractivity contribution in [3.8, 4) is 0 Å². The van der Waals surface area contributed by atoms with Crippen molar-refractivity contribution in [2.24, 2.45) is 11.7 Å². The van der Waals surface area contributed by atoms with Gasteiger partial charge in [-0.3, -0.25) is 0 Å². The van der Waals surface area contributed by atoms with Gasteiger partial charge < -0.3 is 10.3 Å². The van der Waals surface area contributed by atoms with Gasteiger partial charge in [-0.1, -0.05) is 19.1 Å². The quantitative estimate of drug-likeness (QED) is 0.877. The minimum atomic E-state index is 0.289. The molecule has 0 amide bonds. The number of rotatable bonds is 5. The fourth-order valence-electron chi connectivity index (χ4n) is 2.66. The molecule has 0 spiro atoms. The van der Waals surface area contributed by atoms with Crippen LogP contribution in [0.2, 0.25) is 0 Å². The van der Waals surface area contributed by atoms with Crippen molar-refractivity contribution in [1.29, 1.82) is 0 Å². The summed E-state index contributed by atoms with van der Waals surface area (Å²) in [4.78, 5) is 4.76. The summed E-state index contributed by atoms with van der Waals surface area (Å²) < 4.78 is 2.34. The lowest BCUT2D eigenvalue weighted by Gasteiger charge is -2.12. The second kappa shape index (κ2) is 4.73. The molecule has 96 valence electrons. The monoisotopic (exact) mass is 243 g/mol. The second-order valence-electron chi connectivity index (χ2n) is 5.37. The summed E-state index contributed by atoms with van der Waals surface area (Å²) in [6.07, 6.45) is 4.65. The Balaban J connectivity index is 1.95. The zero-order valence-electron chi connectivity index (χ0n) is 11.0. The van der Waals surface area contributed by atoms with Gasteiger partial charge in [0.15, 0.2) is 0 Å². The first-order valence-electron chi connectivity index (χ1n) is 6.99. The van der Waals surface area contributed by atoms with E-state index < -0.39 is 0 Å². The Morgan fingerprint density at radius 3 is 2.89 bits per heavy atom. The number of fused-ring (bicyclic) bond motifs is 1. The summed E-state index contributed by atoms with van der Waals surface area (Å²) >= 11 is 0. The third-order valence-corrected chi connectivity index (χ3v) is 3.83. The van der Waals surface area contributed by atoms with Crippen LogP contribution in [0.1, 0.15) is 32.0 Å². The molecule has 3 nitrogen and oxygen atoms in total. The smallest absolute Gasteiger partial charge is 0.111 e. The van der Waals surface area contributed by atoms with Crippen LogP contribution in [0.15, 0.2) is 24.3 Å². The Bertz CT molecular complexity index is 540. The van der Waals surface area contributed by atoms with Gasteiger partial charge in [-0.25, -0.2) is 4.98 Å². The Labute approximate surface area is 108 Å². The molecule has 18 heavy (non-hydrogen) atoms. The molecule has 1 aromatic carbocycles. The van der Waals surface area contributed by atoms with Crippen molar-refractivity contribution in [2.45, 2.75) is 45.2 Å². The SMILES string of the molecule is CCCn1c(CC(N)C2CC2)nc2ccccc21.